The van der Waals surface area contributed by atoms with E-state index in [0.717, 1.165) is 6.26 Å². The molecule has 1 rings (SSSR count). The molecule has 0 atom stereocenters. The lowest BCUT2D eigenvalue weighted by Gasteiger charge is -2.05. The first-order valence-corrected chi connectivity index (χ1v) is 6.66. The maximum absolute atomic E-state index is 11.4. The van der Waals surface area contributed by atoms with E-state index in [1.54, 1.807) is 0 Å². The van der Waals surface area contributed by atoms with E-state index >= 15 is 0 Å². The second-order valence-corrected chi connectivity index (χ2v) is 5.50. The van der Waals surface area contributed by atoms with Crippen molar-refractivity contribution in [2.24, 2.45) is 0 Å². The highest BCUT2D eigenvalue weighted by Gasteiger charge is 2.07. The summed E-state index contributed by atoms with van der Waals surface area (Å²) in [7, 11) is -3.22. The summed E-state index contributed by atoms with van der Waals surface area (Å²) in [5, 5.41) is 2.57. The zero-order valence-electron chi connectivity index (χ0n) is 9.43. The lowest BCUT2D eigenvalue weighted by atomic mass is 10.2. The Morgan fingerprint density at radius 3 is 2.24 bits per heavy atom. The van der Waals surface area contributed by atoms with E-state index in [9.17, 15) is 13.2 Å². The summed E-state index contributed by atoms with van der Waals surface area (Å²) in [5.74, 6) is -0.368. The molecule has 5 heteroatoms. The lowest BCUT2D eigenvalue weighted by molar-refractivity contribution is -0.112. The number of amides is 1. The molecular weight excluding hydrogens is 238 g/mol. The first kappa shape index (κ1) is 13.2. The van der Waals surface area contributed by atoms with Crippen molar-refractivity contribution in [3.05, 3.63) is 49.1 Å². The highest BCUT2D eigenvalue weighted by atomic mass is 32.2. The van der Waals surface area contributed by atoms with Gasteiger partial charge in [-0.05, 0) is 24.3 Å². The summed E-state index contributed by atoms with van der Waals surface area (Å²) in [6.45, 7) is 6.93. The number of rotatable bonds is 4. The molecule has 0 aliphatic heterocycles. The quantitative estimate of drug-likeness (QED) is 0.655. The van der Waals surface area contributed by atoms with Crippen LogP contribution in [0.5, 0.6) is 0 Å². The van der Waals surface area contributed by atoms with Gasteiger partial charge in [0.05, 0.1) is 4.90 Å². The topological polar surface area (TPSA) is 63.2 Å². The Balaban J connectivity index is 2.86. The molecule has 17 heavy (non-hydrogen) atoms. The molecule has 90 valence electrons. The lowest BCUT2D eigenvalue weighted by Crippen LogP contribution is -2.12. The average Bonchev–Trinajstić information content (AvgIpc) is 2.27. The molecule has 0 unspecified atom stereocenters. The Hall–Kier alpha value is -1.88. The van der Waals surface area contributed by atoms with Crippen molar-refractivity contribution in [2.75, 3.05) is 11.6 Å². The van der Waals surface area contributed by atoms with Crippen molar-refractivity contribution >= 4 is 21.4 Å². The molecule has 0 bridgehead atoms. The second kappa shape index (κ2) is 4.97. The molecule has 0 saturated carbocycles. The molecule has 0 aromatic heterocycles. The van der Waals surface area contributed by atoms with E-state index in [1.807, 2.05) is 0 Å². The van der Waals surface area contributed by atoms with E-state index < -0.39 is 9.84 Å². The fraction of sp³-hybridized carbons (Fsp3) is 0.0833. The normalized spacial score (nSPS) is 10.6. The van der Waals surface area contributed by atoms with E-state index in [0.29, 0.717) is 5.69 Å². The van der Waals surface area contributed by atoms with Crippen molar-refractivity contribution in [3.8, 4) is 0 Å². The summed E-state index contributed by atoms with van der Waals surface area (Å²) in [6.07, 6.45) is 2.47. The van der Waals surface area contributed by atoms with Crippen LogP contribution in [0.1, 0.15) is 0 Å². The highest BCUT2D eigenvalue weighted by molar-refractivity contribution is 7.90. The minimum atomic E-state index is -3.22. The summed E-state index contributed by atoms with van der Waals surface area (Å²) in [6, 6.07) is 5.90. The van der Waals surface area contributed by atoms with Gasteiger partial charge in [0.25, 0.3) is 5.91 Å². The zero-order valence-corrected chi connectivity index (χ0v) is 10.3. The van der Waals surface area contributed by atoms with Gasteiger partial charge in [-0.15, -0.1) is 0 Å². The van der Waals surface area contributed by atoms with Gasteiger partial charge in [0.2, 0.25) is 0 Å². The summed E-state index contributed by atoms with van der Waals surface area (Å²) in [5.41, 5.74) is 0.752. The first-order valence-electron chi connectivity index (χ1n) is 4.77. The van der Waals surface area contributed by atoms with Gasteiger partial charge in [0, 0.05) is 17.5 Å². The number of nitrogens with one attached hydrogen (secondary N) is 1. The number of carbonyl (C=O) groups is 1. The van der Waals surface area contributed by atoms with Gasteiger partial charge in [-0.1, -0.05) is 19.2 Å². The van der Waals surface area contributed by atoms with Crippen LogP contribution in [0.15, 0.2) is 54.0 Å². The van der Waals surface area contributed by atoms with Crippen molar-refractivity contribution in [1.29, 1.82) is 0 Å². The summed E-state index contributed by atoms with van der Waals surface area (Å²) in [4.78, 5) is 11.6. The second-order valence-electron chi connectivity index (χ2n) is 3.48. The fourth-order valence-electron chi connectivity index (χ4n) is 1.09. The Morgan fingerprint density at radius 1 is 1.29 bits per heavy atom. The molecule has 0 aliphatic carbocycles. The third-order valence-electron chi connectivity index (χ3n) is 2.08. The average molecular weight is 251 g/mol. The molecule has 0 radical (unpaired) electrons. The minimum absolute atomic E-state index is 0.207. The third kappa shape index (κ3) is 3.57. The van der Waals surface area contributed by atoms with Crippen LogP contribution in [0.25, 0.3) is 0 Å². The number of benzene rings is 1. The van der Waals surface area contributed by atoms with E-state index in [-0.39, 0.29) is 16.4 Å². The standard InChI is InChI=1S/C12H13NO3S/c1-4-9(2)12(14)13-10-5-7-11(8-6-10)17(3,15)16/h4-8H,1-2H2,3H3,(H,13,14). The number of anilines is 1. The number of sulfone groups is 1. The van der Waals surface area contributed by atoms with Gasteiger partial charge < -0.3 is 5.32 Å². The molecule has 1 aromatic rings. The monoisotopic (exact) mass is 251 g/mol. The highest BCUT2D eigenvalue weighted by Crippen LogP contribution is 2.14. The van der Waals surface area contributed by atoms with E-state index in [4.69, 9.17) is 0 Å². The predicted octanol–water partition coefficient (Wildman–Crippen LogP) is 1.77. The van der Waals surface area contributed by atoms with Crippen molar-refractivity contribution in [2.45, 2.75) is 4.90 Å². The molecule has 0 saturated heterocycles. The van der Waals surface area contributed by atoms with E-state index in [2.05, 4.69) is 18.5 Å². The maximum atomic E-state index is 11.4. The Morgan fingerprint density at radius 2 is 1.82 bits per heavy atom. The fourth-order valence-corrected chi connectivity index (χ4v) is 1.72. The number of hydrogen-bond donors (Lipinski definition) is 1. The van der Waals surface area contributed by atoms with Gasteiger partial charge in [0.1, 0.15) is 0 Å². The van der Waals surface area contributed by atoms with Crippen LogP contribution in [0, 0.1) is 0 Å². The van der Waals surface area contributed by atoms with Gasteiger partial charge >= 0.3 is 0 Å². The minimum Gasteiger partial charge on any atom is -0.322 e. The van der Waals surface area contributed by atoms with Crippen LogP contribution < -0.4 is 5.32 Å². The molecule has 1 N–H and O–H groups in total. The molecule has 1 aromatic carbocycles. The molecule has 1 amide bonds. The van der Waals surface area contributed by atoms with Crippen molar-refractivity contribution < 1.29 is 13.2 Å². The van der Waals surface area contributed by atoms with Crippen LogP contribution in [-0.2, 0) is 14.6 Å². The molecule has 0 fully saturated rings. The van der Waals surface area contributed by atoms with Crippen LogP contribution in [0.2, 0.25) is 0 Å². The zero-order chi connectivity index (χ0) is 13.1. The third-order valence-corrected chi connectivity index (χ3v) is 3.21. The van der Waals surface area contributed by atoms with E-state index in [1.165, 1.54) is 30.3 Å². The Kier molecular flexibility index (Phi) is 3.85. The summed E-state index contributed by atoms with van der Waals surface area (Å²) < 4.78 is 22.4. The van der Waals surface area contributed by atoms with Crippen LogP contribution >= 0.6 is 0 Å². The predicted molar refractivity (Wildman–Crippen MR) is 67.5 cm³/mol. The van der Waals surface area contributed by atoms with Crippen molar-refractivity contribution in [1.82, 2.24) is 0 Å². The molecule has 0 spiro atoms. The van der Waals surface area contributed by atoms with Gasteiger partial charge in [-0.2, -0.15) is 0 Å². The Bertz CT molecular complexity index is 556. The first-order chi connectivity index (χ1) is 7.84. The molecular formula is C12H13NO3S. The van der Waals surface area contributed by atoms with Gasteiger partial charge in [-0.25, -0.2) is 8.42 Å². The molecule has 0 heterocycles. The maximum Gasteiger partial charge on any atom is 0.255 e. The van der Waals surface area contributed by atoms with Crippen LogP contribution in [0.3, 0.4) is 0 Å². The largest absolute Gasteiger partial charge is 0.322 e. The number of carbonyl (C=O) groups excluding carboxylic acids is 1. The van der Waals surface area contributed by atoms with Crippen LogP contribution in [0.4, 0.5) is 5.69 Å². The molecule has 4 nitrogen and oxygen atoms in total. The summed E-state index contributed by atoms with van der Waals surface area (Å²) >= 11 is 0. The van der Waals surface area contributed by atoms with Crippen LogP contribution in [-0.4, -0.2) is 20.6 Å². The SMILES string of the molecule is C=CC(=C)C(=O)Nc1ccc(S(C)(=O)=O)cc1. The Labute approximate surface area is 101 Å². The smallest absolute Gasteiger partial charge is 0.255 e. The van der Waals surface area contributed by atoms with Gasteiger partial charge in [-0.3, -0.25) is 4.79 Å². The molecule has 0 aliphatic rings. The van der Waals surface area contributed by atoms with Crippen molar-refractivity contribution in [3.63, 3.8) is 0 Å². The number of hydrogen-bond acceptors (Lipinski definition) is 3. The van der Waals surface area contributed by atoms with Gasteiger partial charge in [0.15, 0.2) is 9.84 Å².